The van der Waals surface area contributed by atoms with Gasteiger partial charge in [0.15, 0.2) is 5.65 Å². The molecule has 0 unspecified atom stereocenters. The van der Waals surface area contributed by atoms with Gasteiger partial charge >= 0.3 is 0 Å². The number of aromatic nitrogens is 5. The zero-order chi connectivity index (χ0) is 22.7. The molecule has 7 heteroatoms. The van der Waals surface area contributed by atoms with Crippen LogP contribution in [0, 0.1) is 13.8 Å². The van der Waals surface area contributed by atoms with Crippen LogP contribution < -0.4 is 5.32 Å². The predicted octanol–water partition coefficient (Wildman–Crippen LogP) is 4.96. The fourth-order valence-corrected chi connectivity index (χ4v) is 3.83. The molecule has 0 atom stereocenters. The quantitative estimate of drug-likeness (QED) is 0.524. The van der Waals surface area contributed by atoms with Gasteiger partial charge in [-0.05, 0) is 58.8 Å². The molecule has 0 radical (unpaired) electrons. The topological polar surface area (TPSA) is 71.8 Å². The number of hydrogen-bond donors (Lipinski definition) is 1. The second-order valence-corrected chi connectivity index (χ2v) is 8.85. The van der Waals surface area contributed by atoms with Gasteiger partial charge in [-0.3, -0.25) is 0 Å². The summed E-state index contributed by atoms with van der Waals surface area (Å²) in [5, 5.41) is 8.32. The Bertz CT molecular complexity index is 1030. The second kappa shape index (κ2) is 9.73. The maximum absolute atomic E-state index is 5.06. The molecule has 0 spiro atoms. The van der Waals surface area contributed by atoms with Crippen molar-refractivity contribution in [3.05, 3.63) is 29.2 Å². The van der Waals surface area contributed by atoms with E-state index in [9.17, 15) is 0 Å². The first-order chi connectivity index (χ1) is 14.8. The summed E-state index contributed by atoms with van der Waals surface area (Å²) in [4.78, 5) is 17.1. The molecule has 0 aromatic carbocycles. The molecule has 0 bridgehead atoms. The summed E-state index contributed by atoms with van der Waals surface area (Å²) in [6.07, 6.45) is 2.05. The van der Waals surface area contributed by atoms with Crippen molar-refractivity contribution >= 4 is 17.0 Å². The highest BCUT2D eigenvalue weighted by Gasteiger charge is 2.20. The molecule has 168 valence electrons. The van der Waals surface area contributed by atoms with Crippen molar-refractivity contribution < 1.29 is 0 Å². The molecule has 0 saturated heterocycles. The first kappa shape index (κ1) is 23.1. The van der Waals surface area contributed by atoms with Crippen LogP contribution in [-0.2, 0) is 0 Å². The predicted molar refractivity (Wildman–Crippen MR) is 129 cm³/mol. The zero-order valence-corrected chi connectivity index (χ0v) is 20.3. The van der Waals surface area contributed by atoms with Gasteiger partial charge in [-0.1, -0.05) is 27.7 Å². The Labute approximate surface area is 186 Å². The Morgan fingerprint density at radius 2 is 1.71 bits per heavy atom. The third-order valence-electron chi connectivity index (χ3n) is 5.77. The molecule has 1 N–H and O–H groups in total. The van der Waals surface area contributed by atoms with Crippen LogP contribution in [-0.4, -0.2) is 56.8 Å². The molecule has 0 fully saturated rings. The summed E-state index contributed by atoms with van der Waals surface area (Å²) in [5.74, 6) is 1.23. The maximum atomic E-state index is 5.06. The molecular formula is C24H37N7. The maximum Gasteiger partial charge on any atom is 0.177 e. The zero-order valence-electron chi connectivity index (χ0n) is 20.3. The van der Waals surface area contributed by atoms with Gasteiger partial charge in [-0.2, -0.15) is 5.10 Å². The van der Waals surface area contributed by atoms with Gasteiger partial charge in [-0.25, -0.2) is 19.6 Å². The number of anilines is 1. The van der Waals surface area contributed by atoms with Crippen LogP contribution >= 0.6 is 0 Å². The lowest BCUT2D eigenvalue weighted by Gasteiger charge is -2.17. The number of nitrogens with one attached hydrogen (secondary N) is 1. The lowest BCUT2D eigenvalue weighted by atomic mass is 10.1. The van der Waals surface area contributed by atoms with Crippen molar-refractivity contribution in [1.29, 1.82) is 0 Å². The number of pyridine rings is 1. The molecule has 3 heterocycles. The van der Waals surface area contributed by atoms with E-state index in [0.29, 0.717) is 12.0 Å². The molecule has 31 heavy (non-hydrogen) atoms. The van der Waals surface area contributed by atoms with Crippen LogP contribution in [0.2, 0.25) is 0 Å². The van der Waals surface area contributed by atoms with Crippen molar-refractivity contribution in [3.8, 4) is 11.3 Å². The molecule has 0 aliphatic rings. The standard InChI is InChI=1S/C24H37N7/c1-9-18(10-2)31-24-22(17(6)29-31)28-21(16(5)26-24)19-11-12-20(15(3)4)27-23(19)25-13-14-30(7)8/h11-12,15,18H,9-10,13-14H2,1-8H3,(H,25,27). The van der Waals surface area contributed by atoms with Crippen molar-refractivity contribution in [1.82, 2.24) is 29.6 Å². The van der Waals surface area contributed by atoms with E-state index in [2.05, 4.69) is 68.8 Å². The summed E-state index contributed by atoms with van der Waals surface area (Å²) >= 11 is 0. The molecule has 0 aliphatic carbocycles. The van der Waals surface area contributed by atoms with E-state index in [1.165, 1.54) is 0 Å². The average molecular weight is 424 g/mol. The van der Waals surface area contributed by atoms with E-state index in [4.69, 9.17) is 20.1 Å². The van der Waals surface area contributed by atoms with Crippen molar-refractivity contribution in [2.24, 2.45) is 0 Å². The van der Waals surface area contributed by atoms with Gasteiger partial charge in [0.1, 0.15) is 11.3 Å². The van der Waals surface area contributed by atoms with Gasteiger partial charge in [0.2, 0.25) is 0 Å². The van der Waals surface area contributed by atoms with E-state index in [1.54, 1.807) is 0 Å². The van der Waals surface area contributed by atoms with E-state index >= 15 is 0 Å². The van der Waals surface area contributed by atoms with Crippen LogP contribution in [0.1, 0.15) is 69.6 Å². The number of nitrogens with zero attached hydrogens (tertiary/aromatic N) is 6. The Hall–Kier alpha value is -2.54. The molecule has 0 aliphatic heterocycles. The highest BCUT2D eigenvalue weighted by Crippen LogP contribution is 2.32. The first-order valence-electron chi connectivity index (χ1n) is 11.4. The van der Waals surface area contributed by atoms with Crippen LogP contribution in [0.3, 0.4) is 0 Å². The Balaban J connectivity index is 2.12. The smallest absolute Gasteiger partial charge is 0.177 e. The van der Waals surface area contributed by atoms with E-state index < -0.39 is 0 Å². The summed E-state index contributed by atoms with van der Waals surface area (Å²) in [5.41, 5.74) is 6.50. The average Bonchev–Trinajstić information content (AvgIpc) is 3.03. The number of rotatable bonds is 9. The third kappa shape index (κ3) is 4.87. The number of fused-ring (bicyclic) bond motifs is 1. The van der Waals surface area contributed by atoms with Crippen molar-refractivity contribution in [3.63, 3.8) is 0 Å². The first-order valence-corrected chi connectivity index (χ1v) is 11.4. The van der Waals surface area contributed by atoms with Gasteiger partial charge in [0.05, 0.1) is 23.1 Å². The van der Waals surface area contributed by atoms with Crippen LogP contribution in [0.25, 0.3) is 22.4 Å². The molecule has 7 nitrogen and oxygen atoms in total. The van der Waals surface area contributed by atoms with Crippen LogP contribution in [0.4, 0.5) is 5.82 Å². The van der Waals surface area contributed by atoms with Crippen molar-refractivity contribution in [2.75, 3.05) is 32.5 Å². The fourth-order valence-electron chi connectivity index (χ4n) is 3.83. The number of aryl methyl sites for hydroxylation is 2. The molecule has 0 saturated carbocycles. The number of hydrogen-bond acceptors (Lipinski definition) is 6. The molecule has 3 aromatic rings. The Morgan fingerprint density at radius 1 is 1.00 bits per heavy atom. The Kier molecular flexibility index (Phi) is 7.26. The Morgan fingerprint density at radius 3 is 2.32 bits per heavy atom. The highest BCUT2D eigenvalue weighted by atomic mass is 15.3. The van der Waals surface area contributed by atoms with Gasteiger partial charge in [-0.15, -0.1) is 0 Å². The molecule has 3 aromatic heterocycles. The van der Waals surface area contributed by atoms with E-state index in [1.807, 2.05) is 13.8 Å². The molecule has 0 amide bonds. The number of likely N-dealkylation sites (N-methyl/N-ethyl adjacent to an activating group) is 1. The minimum absolute atomic E-state index is 0.339. The van der Waals surface area contributed by atoms with Crippen LogP contribution in [0.15, 0.2) is 12.1 Å². The summed E-state index contributed by atoms with van der Waals surface area (Å²) in [6.45, 7) is 14.5. The lowest BCUT2D eigenvalue weighted by molar-refractivity contribution is 0.425. The summed E-state index contributed by atoms with van der Waals surface area (Å²) in [6, 6.07) is 4.57. The second-order valence-electron chi connectivity index (χ2n) is 8.85. The lowest BCUT2D eigenvalue weighted by Crippen LogP contribution is -2.21. The highest BCUT2D eigenvalue weighted by molar-refractivity contribution is 5.81. The minimum Gasteiger partial charge on any atom is -0.368 e. The largest absolute Gasteiger partial charge is 0.368 e. The monoisotopic (exact) mass is 423 g/mol. The SMILES string of the molecule is CCC(CC)n1nc(C)c2nc(-c3ccc(C(C)C)nc3NCCN(C)C)c(C)nc21. The normalized spacial score (nSPS) is 12.0. The molecular weight excluding hydrogens is 386 g/mol. The summed E-state index contributed by atoms with van der Waals surface area (Å²) in [7, 11) is 4.15. The van der Waals surface area contributed by atoms with Gasteiger partial charge in [0.25, 0.3) is 0 Å². The van der Waals surface area contributed by atoms with Gasteiger partial charge in [0, 0.05) is 24.3 Å². The fraction of sp³-hybridized carbons (Fsp3) is 0.583. The molecule has 3 rings (SSSR count). The minimum atomic E-state index is 0.339. The van der Waals surface area contributed by atoms with Crippen LogP contribution in [0.5, 0.6) is 0 Å². The van der Waals surface area contributed by atoms with Gasteiger partial charge < -0.3 is 10.2 Å². The third-order valence-corrected chi connectivity index (χ3v) is 5.77. The van der Waals surface area contributed by atoms with E-state index in [-0.39, 0.29) is 0 Å². The van der Waals surface area contributed by atoms with E-state index in [0.717, 1.165) is 71.3 Å². The van der Waals surface area contributed by atoms with Crippen molar-refractivity contribution in [2.45, 2.75) is 66.3 Å². The summed E-state index contributed by atoms with van der Waals surface area (Å²) < 4.78 is 2.06.